The van der Waals surface area contributed by atoms with Crippen molar-refractivity contribution in [2.24, 2.45) is 0 Å². The first kappa shape index (κ1) is 12.5. The fourth-order valence-electron chi connectivity index (χ4n) is 2.05. The quantitative estimate of drug-likeness (QED) is 0.885. The normalized spacial score (nSPS) is 17.9. The Balaban J connectivity index is 2.07. The van der Waals surface area contributed by atoms with Gasteiger partial charge < -0.3 is 10.0 Å². The van der Waals surface area contributed by atoms with Gasteiger partial charge in [0.25, 0.3) is 0 Å². The number of benzene rings is 1. The highest BCUT2D eigenvalue weighted by Crippen LogP contribution is 2.39. The van der Waals surface area contributed by atoms with Crippen molar-refractivity contribution >= 4 is 17.7 Å². The van der Waals surface area contributed by atoms with Crippen LogP contribution in [-0.4, -0.2) is 41.9 Å². The molecule has 1 amide bonds. The van der Waals surface area contributed by atoms with E-state index >= 15 is 0 Å². The first-order valence-electron chi connectivity index (χ1n) is 5.81. The monoisotopic (exact) mass is 251 g/mol. The Morgan fingerprint density at radius 2 is 2.29 bits per heavy atom. The maximum absolute atomic E-state index is 12.2. The van der Waals surface area contributed by atoms with Crippen LogP contribution in [-0.2, 0) is 4.79 Å². The van der Waals surface area contributed by atoms with Crippen LogP contribution >= 0.6 is 11.8 Å². The molecule has 0 aromatic heterocycles. The second-order valence-corrected chi connectivity index (χ2v) is 5.30. The van der Waals surface area contributed by atoms with E-state index in [1.54, 1.807) is 16.7 Å². The average Bonchev–Trinajstić information content (AvgIpc) is 2.78. The Kier molecular flexibility index (Phi) is 4.07. The molecule has 3 nitrogen and oxygen atoms in total. The Hall–Kier alpha value is -1.00. The van der Waals surface area contributed by atoms with Gasteiger partial charge in [-0.05, 0) is 18.1 Å². The molecule has 1 aliphatic heterocycles. The molecule has 4 heteroatoms. The summed E-state index contributed by atoms with van der Waals surface area (Å²) in [5.41, 5.74) is 1.15. The molecule has 2 rings (SSSR count). The zero-order valence-corrected chi connectivity index (χ0v) is 10.7. The minimum Gasteiger partial charge on any atom is -0.396 e. The maximum Gasteiger partial charge on any atom is 0.230 e. The molecule has 0 bridgehead atoms. The molecule has 0 radical (unpaired) electrons. The Morgan fingerprint density at radius 1 is 1.53 bits per heavy atom. The van der Waals surface area contributed by atoms with Gasteiger partial charge in [0.2, 0.25) is 5.91 Å². The topological polar surface area (TPSA) is 40.5 Å². The number of rotatable bonds is 4. The summed E-state index contributed by atoms with van der Waals surface area (Å²) in [6.45, 7) is 0.756. The molecule has 92 valence electrons. The molecule has 17 heavy (non-hydrogen) atoms. The Morgan fingerprint density at radius 3 is 3.06 bits per heavy atom. The van der Waals surface area contributed by atoms with Crippen molar-refractivity contribution in [1.29, 1.82) is 0 Å². The van der Waals surface area contributed by atoms with E-state index < -0.39 is 0 Å². The van der Waals surface area contributed by atoms with E-state index in [4.69, 9.17) is 5.11 Å². The summed E-state index contributed by atoms with van der Waals surface area (Å²) in [7, 11) is 1.81. The highest BCUT2D eigenvalue weighted by Gasteiger charge is 2.30. The Labute approximate surface area is 106 Å². The lowest BCUT2D eigenvalue weighted by Gasteiger charge is -2.20. The first-order valence-corrected chi connectivity index (χ1v) is 6.80. The van der Waals surface area contributed by atoms with Gasteiger partial charge in [0, 0.05) is 30.8 Å². The number of amides is 1. The maximum atomic E-state index is 12.2. The van der Waals surface area contributed by atoms with E-state index in [0.717, 1.165) is 11.3 Å². The van der Waals surface area contributed by atoms with Gasteiger partial charge in [-0.2, -0.15) is 0 Å². The smallest absolute Gasteiger partial charge is 0.230 e. The number of fused-ring (bicyclic) bond motifs is 1. The lowest BCUT2D eigenvalue weighted by atomic mass is 10.00. The van der Waals surface area contributed by atoms with Crippen molar-refractivity contribution in [2.45, 2.75) is 17.2 Å². The number of thioether (sulfide) groups is 1. The van der Waals surface area contributed by atoms with E-state index in [2.05, 4.69) is 6.07 Å². The van der Waals surface area contributed by atoms with Crippen molar-refractivity contribution < 1.29 is 9.90 Å². The van der Waals surface area contributed by atoms with Gasteiger partial charge in [0.05, 0.1) is 5.92 Å². The second kappa shape index (κ2) is 5.56. The van der Waals surface area contributed by atoms with Gasteiger partial charge in [0.15, 0.2) is 0 Å². The van der Waals surface area contributed by atoms with Crippen molar-refractivity contribution in [3.05, 3.63) is 29.8 Å². The van der Waals surface area contributed by atoms with Crippen LogP contribution in [0.4, 0.5) is 0 Å². The van der Waals surface area contributed by atoms with Gasteiger partial charge in [-0.1, -0.05) is 18.2 Å². The highest BCUT2D eigenvalue weighted by atomic mass is 32.2. The van der Waals surface area contributed by atoms with Crippen LogP contribution in [0.25, 0.3) is 0 Å². The predicted octanol–water partition coefficient (Wildman–Crippen LogP) is 1.72. The Bertz CT molecular complexity index is 408. The number of carbonyl (C=O) groups is 1. The number of hydrogen-bond acceptors (Lipinski definition) is 3. The summed E-state index contributed by atoms with van der Waals surface area (Å²) >= 11 is 1.75. The summed E-state index contributed by atoms with van der Waals surface area (Å²) in [5.74, 6) is 0.984. The van der Waals surface area contributed by atoms with Crippen LogP contribution in [0.5, 0.6) is 0 Å². The molecular formula is C13H17NO2S. The minimum absolute atomic E-state index is 0.0140. The van der Waals surface area contributed by atoms with Crippen molar-refractivity contribution in [3.63, 3.8) is 0 Å². The fourth-order valence-corrected chi connectivity index (χ4v) is 3.27. The number of likely N-dealkylation sites (N-methyl/N-ethyl adjacent to an activating group) is 1. The van der Waals surface area contributed by atoms with E-state index in [0.29, 0.717) is 13.0 Å². The lowest BCUT2D eigenvalue weighted by molar-refractivity contribution is -0.131. The van der Waals surface area contributed by atoms with Gasteiger partial charge in [-0.15, -0.1) is 11.8 Å². The highest BCUT2D eigenvalue weighted by molar-refractivity contribution is 7.99. The molecule has 1 aromatic rings. The van der Waals surface area contributed by atoms with Crippen LogP contribution in [0.15, 0.2) is 29.2 Å². The molecule has 0 aliphatic carbocycles. The zero-order valence-electron chi connectivity index (χ0n) is 9.93. The van der Waals surface area contributed by atoms with Gasteiger partial charge >= 0.3 is 0 Å². The van der Waals surface area contributed by atoms with Crippen LogP contribution in [0, 0.1) is 0 Å². The average molecular weight is 251 g/mol. The van der Waals surface area contributed by atoms with E-state index in [1.165, 1.54) is 4.90 Å². The van der Waals surface area contributed by atoms with E-state index in [9.17, 15) is 4.79 Å². The van der Waals surface area contributed by atoms with Crippen LogP contribution in [0.3, 0.4) is 0 Å². The zero-order chi connectivity index (χ0) is 12.3. The number of aliphatic hydroxyl groups excluding tert-OH is 1. The van der Waals surface area contributed by atoms with Crippen LogP contribution in [0.1, 0.15) is 17.9 Å². The van der Waals surface area contributed by atoms with Gasteiger partial charge in [-0.3, -0.25) is 4.79 Å². The number of nitrogens with zero attached hydrogens (tertiary/aromatic N) is 1. The van der Waals surface area contributed by atoms with Gasteiger partial charge in [-0.25, -0.2) is 0 Å². The van der Waals surface area contributed by atoms with Gasteiger partial charge in [0.1, 0.15) is 0 Å². The molecule has 1 aromatic carbocycles. The third-order valence-electron chi connectivity index (χ3n) is 3.03. The second-order valence-electron chi connectivity index (χ2n) is 4.24. The molecule has 0 spiro atoms. The summed E-state index contributed by atoms with van der Waals surface area (Å²) in [6.07, 6.45) is 0.643. The lowest BCUT2D eigenvalue weighted by Crippen LogP contribution is -2.33. The largest absolute Gasteiger partial charge is 0.396 e. The summed E-state index contributed by atoms with van der Waals surface area (Å²) < 4.78 is 0. The van der Waals surface area contributed by atoms with Crippen molar-refractivity contribution in [1.82, 2.24) is 4.90 Å². The van der Waals surface area contributed by atoms with E-state index in [-0.39, 0.29) is 18.4 Å². The number of hydrogen-bond donors (Lipinski definition) is 1. The molecule has 0 fully saturated rings. The molecule has 1 atom stereocenters. The number of carbonyl (C=O) groups excluding carboxylic acids is 1. The molecule has 1 aliphatic rings. The molecular weight excluding hydrogens is 234 g/mol. The molecule has 0 saturated heterocycles. The van der Waals surface area contributed by atoms with Crippen molar-refractivity contribution in [2.75, 3.05) is 26.0 Å². The minimum atomic E-state index is -0.0140. The first-order chi connectivity index (χ1) is 8.24. The predicted molar refractivity (Wildman–Crippen MR) is 69.2 cm³/mol. The third kappa shape index (κ3) is 2.64. The van der Waals surface area contributed by atoms with Crippen LogP contribution in [0.2, 0.25) is 0 Å². The van der Waals surface area contributed by atoms with Crippen LogP contribution < -0.4 is 0 Å². The molecule has 0 saturated carbocycles. The molecule has 1 unspecified atom stereocenters. The summed E-state index contributed by atoms with van der Waals surface area (Å²) in [6, 6.07) is 8.10. The standard InChI is InChI=1S/C13H17NO2S/c1-14(7-4-8-15)13(16)11-9-17-12-6-3-2-5-10(11)12/h2-3,5-6,11,15H,4,7-9H2,1H3. The fraction of sp³-hybridized carbons (Fsp3) is 0.462. The molecule has 1 heterocycles. The number of aliphatic hydroxyl groups is 1. The third-order valence-corrected chi connectivity index (χ3v) is 4.21. The van der Waals surface area contributed by atoms with Crippen molar-refractivity contribution in [3.8, 4) is 0 Å². The molecule has 1 N–H and O–H groups in total. The van der Waals surface area contributed by atoms with E-state index in [1.807, 2.05) is 25.2 Å². The summed E-state index contributed by atoms with van der Waals surface area (Å²) in [4.78, 5) is 15.2. The summed E-state index contributed by atoms with van der Waals surface area (Å²) in [5, 5.41) is 8.78. The SMILES string of the molecule is CN(CCCO)C(=O)C1CSc2ccccc21.